The van der Waals surface area contributed by atoms with Crippen molar-refractivity contribution < 1.29 is 20.1 Å². The van der Waals surface area contributed by atoms with Gasteiger partial charge in [-0.25, -0.2) is 4.79 Å². The lowest BCUT2D eigenvalue weighted by atomic mass is 9.88. The van der Waals surface area contributed by atoms with Crippen LogP contribution in [-0.2, 0) is 39.1 Å². The first-order chi connectivity index (χ1) is 20.6. The lowest BCUT2D eigenvalue weighted by Gasteiger charge is -2.49. The van der Waals surface area contributed by atoms with Gasteiger partial charge in [0.05, 0.1) is 31.4 Å². The van der Waals surface area contributed by atoms with Gasteiger partial charge >= 0.3 is 6.03 Å². The molecule has 0 radical (unpaired) electrons. The van der Waals surface area contributed by atoms with Gasteiger partial charge in [-0.1, -0.05) is 109 Å². The Balaban J connectivity index is 1.48. The van der Waals surface area contributed by atoms with Crippen LogP contribution in [0.2, 0.25) is 0 Å². The molecular formula is C36H40N2O4. The summed E-state index contributed by atoms with van der Waals surface area (Å²) in [7, 11) is 0. The molecule has 0 spiro atoms. The largest absolute Gasteiger partial charge is 0.392 e. The van der Waals surface area contributed by atoms with Crippen molar-refractivity contribution in [1.29, 1.82) is 0 Å². The maximum Gasteiger partial charge on any atom is 0.321 e. The first-order valence-electron chi connectivity index (χ1n) is 14.8. The highest BCUT2D eigenvalue weighted by Gasteiger charge is 2.45. The Bertz CT molecular complexity index is 1320. The molecule has 4 aromatic carbocycles. The lowest BCUT2D eigenvalue weighted by molar-refractivity contribution is -0.0478. The second-order valence-electron chi connectivity index (χ2n) is 11.2. The number of carbonyl (C=O) groups excluding carboxylic acids is 1. The minimum absolute atomic E-state index is 0.0727. The second-order valence-corrected chi connectivity index (χ2v) is 11.2. The third kappa shape index (κ3) is 7.26. The standard InChI is InChI=1S/C36H40N2O4/c39-25-31-15-7-13-29(21-31)23-37-33(19-17-27-9-3-1-4-10-27)35(41)34(20-18-28-11-5-2-6-12-28)38(36(37)42)24-30-14-8-16-32(22-30)26-40/h1-16,21-22,33-35,39-41H,17-20,23-26H2/t33-,34-/m1/s1. The van der Waals surface area contributed by atoms with Crippen LogP contribution in [0.3, 0.4) is 0 Å². The van der Waals surface area contributed by atoms with E-state index in [9.17, 15) is 20.1 Å². The summed E-state index contributed by atoms with van der Waals surface area (Å²) in [5.41, 5.74) is 5.74. The van der Waals surface area contributed by atoms with Crippen LogP contribution in [0, 0.1) is 0 Å². The molecule has 0 saturated carbocycles. The molecule has 6 heteroatoms. The van der Waals surface area contributed by atoms with E-state index in [4.69, 9.17) is 0 Å². The van der Waals surface area contributed by atoms with Crippen molar-refractivity contribution in [2.24, 2.45) is 0 Å². The Kier molecular flexibility index (Phi) is 10.0. The van der Waals surface area contributed by atoms with Crippen molar-refractivity contribution in [3.8, 4) is 0 Å². The molecule has 0 unspecified atom stereocenters. The predicted molar refractivity (Wildman–Crippen MR) is 164 cm³/mol. The molecule has 0 bridgehead atoms. The average Bonchev–Trinajstić information content (AvgIpc) is 3.04. The van der Waals surface area contributed by atoms with Crippen LogP contribution in [0.25, 0.3) is 0 Å². The molecule has 1 saturated heterocycles. The van der Waals surface area contributed by atoms with Crippen molar-refractivity contribution in [2.75, 3.05) is 0 Å². The quantitative estimate of drug-likeness (QED) is 0.213. The van der Waals surface area contributed by atoms with Gasteiger partial charge in [0.25, 0.3) is 0 Å². The fourth-order valence-corrected chi connectivity index (χ4v) is 6.06. The average molecular weight is 565 g/mol. The van der Waals surface area contributed by atoms with E-state index in [1.54, 1.807) is 0 Å². The van der Waals surface area contributed by atoms with Gasteiger partial charge in [-0.2, -0.15) is 0 Å². The summed E-state index contributed by atoms with van der Waals surface area (Å²) in [4.78, 5) is 18.1. The van der Waals surface area contributed by atoms with E-state index in [1.165, 1.54) is 11.1 Å². The van der Waals surface area contributed by atoms with Crippen molar-refractivity contribution >= 4 is 6.03 Å². The molecule has 0 aromatic heterocycles. The normalized spacial score (nSPS) is 17.5. The SMILES string of the molecule is O=C1N(Cc2cccc(CO)c2)[C@H](CCc2ccccc2)C(O)[C@@H](CCc2ccccc2)N1Cc1cccc(CO)c1. The maximum absolute atomic E-state index is 14.5. The first kappa shape index (κ1) is 29.5. The molecular weight excluding hydrogens is 524 g/mol. The minimum Gasteiger partial charge on any atom is -0.392 e. The van der Waals surface area contributed by atoms with Crippen molar-refractivity contribution in [1.82, 2.24) is 9.80 Å². The highest BCUT2D eigenvalue weighted by molar-refractivity contribution is 5.76. The van der Waals surface area contributed by atoms with E-state index in [2.05, 4.69) is 24.3 Å². The second kappa shape index (κ2) is 14.3. The third-order valence-corrected chi connectivity index (χ3v) is 8.28. The highest BCUT2D eigenvalue weighted by Crippen LogP contribution is 2.31. The van der Waals surface area contributed by atoms with E-state index in [1.807, 2.05) is 94.7 Å². The zero-order valence-electron chi connectivity index (χ0n) is 23.9. The van der Waals surface area contributed by atoms with E-state index in [0.717, 1.165) is 35.1 Å². The Morgan fingerprint density at radius 2 is 0.905 bits per heavy atom. The van der Waals surface area contributed by atoms with Crippen LogP contribution in [0.1, 0.15) is 46.2 Å². The number of amides is 2. The Morgan fingerprint density at radius 3 is 1.31 bits per heavy atom. The molecule has 0 aliphatic carbocycles. The lowest BCUT2D eigenvalue weighted by Crippen LogP contribution is -2.65. The summed E-state index contributed by atoms with van der Waals surface area (Å²) < 4.78 is 0. The molecule has 1 aliphatic heterocycles. The Labute approximate surface area is 248 Å². The first-order valence-corrected chi connectivity index (χ1v) is 14.8. The summed E-state index contributed by atoms with van der Waals surface area (Å²) >= 11 is 0. The fraction of sp³-hybridized carbons (Fsp3) is 0.306. The Morgan fingerprint density at radius 1 is 0.524 bits per heavy atom. The number of carbonyl (C=O) groups is 1. The van der Waals surface area contributed by atoms with E-state index < -0.39 is 6.10 Å². The number of aliphatic hydroxyl groups excluding tert-OH is 3. The molecule has 3 N–H and O–H groups in total. The minimum atomic E-state index is -0.767. The molecule has 2 atom stereocenters. The van der Waals surface area contributed by atoms with Gasteiger partial charge in [0, 0.05) is 13.1 Å². The van der Waals surface area contributed by atoms with Crippen LogP contribution in [0.4, 0.5) is 4.79 Å². The summed E-state index contributed by atoms with van der Waals surface area (Å²) in [6.07, 6.45) is 1.98. The summed E-state index contributed by atoms with van der Waals surface area (Å²) in [6.45, 7) is 0.525. The maximum atomic E-state index is 14.5. The molecule has 1 fully saturated rings. The highest BCUT2D eigenvalue weighted by atomic mass is 16.3. The van der Waals surface area contributed by atoms with Crippen LogP contribution in [0.15, 0.2) is 109 Å². The van der Waals surface area contributed by atoms with Gasteiger partial charge in [0.2, 0.25) is 0 Å². The van der Waals surface area contributed by atoms with E-state index >= 15 is 0 Å². The number of aryl methyl sites for hydroxylation is 2. The van der Waals surface area contributed by atoms with Crippen molar-refractivity contribution in [3.63, 3.8) is 0 Å². The van der Waals surface area contributed by atoms with Gasteiger partial charge in [-0.15, -0.1) is 0 Å². The van der Waals surface area contributed by atoms with Gasteiger partial charge in [0.1, 0.15) is 0 Å². The van der Waals surface area contributed by atoms with Crippen LogP contribution in [0.5, 0.6) is 0 Å². The molecule has 5 rings (SSSR count). The van der Waals surface area contributed by atoms with Crippen LogP contribution >= 0.6 is 0 Å². The zero-order chi connectivity index (χ0) is 29.3. The summed E-state index contributed by atoms with van der Waals surface area (Å²) in [6, 6.07) is 34.8. The number of rotatable bonds is 12. The van der Waals surface area contributed by atoms with Crippen molar-refractivity contribution in [3.05, 3.63) is 143 Å². The number of benzene rings is 4. The van der Waals surface area contributed by atoms with E-state index in [0.29, 0.717) is 25.9 Å². The number of hydrogen-bond donors (Lipinski definition) is 3. The molecule has 6 nitrogen and oxygen atoms in total. The molecule has 1 aliphatic rings. The van der Waals surface area contributed by atoms with E-state index in [-0.39, 0.29) is 31.3 Å². The van der Waals surface area contributed by atoms with Crippen LogP contribution in [-0.4, -0.2) is 49.3 Å². The molecule has 1 heterocycles. The smallest absolute Gasteiger partial charge is 0.321 e. The third-order valence-electron chi connectivity index (χ3n) is 8.28. The number of aliphatic hydroxyl groups is 3. The monoisotopic (exact) mass is 564 g/mol. The molecule has 2 amide bonds. The number of hydrogen-bond acceptors (Lipinski definition) is 4. The van der Waals surface area contributed by atoms with Gasteiger partial charge < -0.3 is 25.1 Å². The number of urea groups is 1. The van der Waals surface area contributed by atoms with Gasteiger partial charge in [0.15, 0.2) is 0 Å². The topological polar surface area (TPSA) is 84.2 Å². The predicted octanol–water partition coefficient (Wildman–Crippen LogP) is 5.47. The number of nitrogens with zero attached hydrogens (tertiary/aromatic N) is 2. The molecule has 4 aromatic rings. The Hall–Kier alpha value is -3.97. The fourth-order valence-electron chi connectivity index (χ4n) is 6.06. The zero-order valence-corrected chi connectivity index (χ0v) is 23.9. The van der Waals surface area contributed by atoms with Gasteiger partial charge in [-0.05, 0) is 59.1 Å². The summed E-state index contributed by atoms with van der Waals surface area (Å²) in [5, 5.41) is 31.5. The van der Waals surface area contributed by atoms with Crippen molar-refractivity contribution in [2.45, 2.75) is 70.2 Å². The molecule has 218 valence electrons. The summed E-state index contributed by atoms with van der Waals surface area (Å²) in [5.74, 6) is 0. The van der Waals surface area contributed by atoms with Crippen LogP contribution < -0.4 is 0 Å². The van der Waals surface area contributed by atoms with Gasteiger partial charge in [-0.3, -0.25) is 0 Å². The molecule has 42 heavy (non-hydrogen) atoms.